The molecule has 1 aliphatic carbocycles. The van der Waals surface area contributed by atoms with Crippen LogP contribution < -0.4 is 5.32 Å². The maximum atomic E-state index is 11.9. The number of carbonyl (C=O) groups is 2. The lowest BCUT2D eigenvalue weighted by Crippen LogP contribution is -2.11. The maximum absolute atomic E-state index is 11.9. The molecule has 1 heterocycles. The van der Waals surface area contributed by atoms with Gasteiger partial charge in [-0.15, -0.1) is 0 Å². The number of methoxy groups -OCH3 is 1. The lowest BCUT2D eigenvalue weighted by molar-refractivity contribution is 0.0486. The third kappa shape index (κ3) is 3.13. The fourth-order valence-corrected chi connectivity index (χ4v) is 1.90. The molecule has 0 saturated heterocycles. The van der Waals surface area contributed by atoms with Crippen LogP contribution in [0.1, 0.15) is 23.2 Å². The van der Waals surface area contributed by atoms with Gasteiger partial charge < -0.3 is 14.5 Å². The smallest absolute Gasteiger partial charge is 0.413 e. The van der Waals surface area contributed by atoms with Gasteiger partial charge in [0.15, 0.2) is 0 Å². The number of benzene rings is 1. The number of aromatic amines is 1. The molecular formula is C14H15N3O4. The van der Waals surface area contributed by atoms with E-state index in [0.717, 1.165) is 12.8 Å². The molecule has 1 aromatic heterocycles. The number of aromatic nitrogens is 2. The fraction of sp³-hybridized carbons (Fsp3) is 0.357. The highest BCUT2D eigenvalue weighted by Crippen LogP contribution is 2.29. The van der Waals surface area contributed by atoms with Crippen LogP contribution in [0.15, 0.2) is 18.2 Å². The summed E-state index contributed by atoms with van der Waals surface area (Å²) in [6.45, 7) is 0.481. The molecule has 2 aromatic rings. The van der Waals surface area contributed by atoms with Crippen molar-refractivity contribution in [1.29, 1.82) is 0 Å². The van der Waals surface area contributed by atoms with Gasteiger partial charge in [-0.25, -0.2) is 14.6 Å². The van der Waals surface area contributed by atoms with Gasteiger partial charge in [-0.2, -0.15) is 0 Å². The number of hydrogen-bond donors (Lipinski definition) is 2. The molecule has 1 aliphatic rings. The molecule has 1 saturated carbocycles. The Labute approximate surface area is 120 Å². The average molecular weight is 289 g/mol. The van der Waals surface area contributed by atoms with Crippen molar-refractivity contribution in [3.05, 3.63) is 23.8 Å². The zero-order valence-corrected chi connectivity index (χ0v) is 11.5. The van der Waals surface area contributed by atoms with Crippen molar-refractivity contribution < 1.29 is 19.1 Å². The Morgan fingerprint density at radius 1 is 1.43 bits per heavy atom. The third-order valence-corrected chi connectivity index (χ3v) is 3.27. The zero-order chi connectivity index (χ0) is 14.8. The molecular weight excluding hydrogens is 274 g/mol. The van der Waals surface area contributed by atoms with E-state index in [1.54, 1.807) is 18.2 Å². The van der Waals surface area contributed by atoms with Crippen LogP contribution in [0.2, 0.25) is 0 Å². The van der Waals surface area contributed by atoms with E-state index in [1.165, 1.54) is 7.11 Å². The lowest BCUT2D eigenvalue weighted by Gasteiger charge is -2.03. The van der Waals surface area contributed by atoms with Crippen molar-refractivity contribution in [2.24, 2.45) is 5.92 Å². The van der Waals surface area contributed by atoms with Crippen molar-refractivity contribution in [2.75, 3.05) is 19.0 Å². The number of hydrogen-bond acceptors (Lipinski definition) is 5. The summed E-state index contributed by atoms with van der Waals surface area (Å²) in [6, 6.07) is 5.00. The Morgan fingerprint density at radius 2 is 2.24 bits per heavy atom. The van der Waals surface area contributed by atoms with Crippen molar-refractivity contribution in [3.63, 3.8) is 0 Å². The van der Waals surface area contributed by atoms with Gasteiger partial charge in [0.05, 0.1) is 30.3 Å². The fourth-order valence-electron chi connectivity index (χ4n) is 1.90. The molecule has 1 amide bonds. The van der Waals surface area contributed by atoms with Gasteiger partial charge in [-0.1, -0.05) is 0 Å². The summed E-state index contributed by atoms with van der Waals surface area (Å²) in [5.41, 5.74) is 1.74. The summed E-state index contributed by atoms with van der Waals surface area (Å²) in [6.07, 6.45) is 1.66. The molecule has 21 heavy (non-hydrogen) atoms. The van der Waals surface area contributed by atoms with E-state index in [1.807, 2.05) is 0 Å². The number of ether oxygens (including phenoxy) is 2. The molecule has 0 bridgehead atoms. The lowest BCUT2D eigenvalue weighted by atomic mass is 10.2. The first-order valence-corrected chi connectivity index (χ1v) is 6.67. The third-order valence-electron chi connectivity index (χ3n) is 3.27. The van der Waals surface area contributed by atoms with Gasteiger partial charge in [-0.05, 0) is 37.0 Å². The first kappa shape index (κ1) is 13.4. The minimum absolute atomic E-state index is 0.264. The summed E-state index contributed by atoms with van der Waals surface area (Å²) in [4.78, 5) is 30.1. The first-order chi connectivity index (χ1) is 10.2. The summed E-state index contributed by atoms with van der Waals surface area (Å²) in [7, 11) is 1.27. The van der Waals surface area contributed by atoms with E-state index in [2.05, 4.69) is 20.0 Å². The molecule has 3 rings (SSSR count). The predicted octanol–water partition coefficient (Wildman–Crippen LogP) is 2.31. The highest BCUT2D eigenvalue weighted by molar-refractivity contribution is 5.94. The summed E-state index contributed by atoms with van der Waals surface area (Å²) in [5.74, 6) is 0.446. The Bertz CT molecular complexity index is 691. The van der Waals surface area contributed by atoms with Crippen LogP contribution in [-0.2, 0) is 9.47 Å². The van der Waals surface area contributed by atoms with Gasteiger partial charge in [0.1, 0.15) is 0 Å². The monoisotopic (exact) mass is 289 g/mol. The van der Waals surface area contributed by atoms with Crippen LogP contribution in [-0.4, -0.2) is 35.7 Å². The SMILES string of the molecule is COC(=O)Nc1nc2ccc(C(=O)OCC3CC3)cc2[nH]1. The quantitative estimate of drug-likeness (QED) is 0.842. The highest BCUT2D eigenvalue weighted by atomic mass is 16.5. The van der Waals surface area contributed by atoms with E-state index in [-0.39, 0.29) is 11.9 Å². The molecule has 0 radical (unpaired) electrons. The van der Waals surface area contributed by atoms with E-state index >= 15 is 0 Å². The summed E-state index contributed by atoms with van der Waals surface area (Å²) < 4.78 is 9.71. The van der Waals surface area contributed by atoms with Crippen LogP contribution >= 0.6 is 0 Å². The predicted molar refractivity (Wildman–Crippen MR) is 75.1 cm³/mol. The van der Waals surface area contributed by atoms with Crippen LogP contribution in [0.5, 0.6) is 0 Å². The van der Waals surface area contributed by atoms with Crippen molar-refractivity contribution in [2.45, 2.75) is 12.8 Å². The molecule has 0 unspecified atom stereocenters. The van der Waals surface area contributed by atoms with Crippen LogP contribution in [0.3, 0.4) is 0 Å². The second kappa shape index (κ2) is 5.43. The average Bonchev–Trinajstić information content (AvgIpc) is 3.23. The number of imidazole rings is 1. The number of carbonyl (C=O) groups excluding carboxylic acids is 2. The number of esters is 1. The Kier molecular flexibility index (Phi) is 3.47. The molecule has 7 heteroatoms. The molecule has 1 aromatic carbocycles. The second-order valence-corrected chi connectivity index (χ2v) is 4.98. The maximum Gasteiger partial charge on any atom is 0.413 e. The minimum Gasteiger partial charge on any atom is -0.462 e. The number of amides is 1. The van der Waals surface area contributed by atoms with Gasteiger partial charge in [0, 0.05) is 0 Å². The molecule has 0 aliphatic heterocycles. The van der Waals surface area contributed by atoms with Gasteiger partial charge in [0.2, 0.25) is 5.95 Å². The van der Waals surface area contributed by atoms with E-state index in [0.29, 0.717) is 29.1 Å². The Hall–Kier alpha value is -2.57. The van der Waals surface area contributed by atoms with Gasteiger partial charge >= 0.3 is 12.1 Å². The van der Waals surface area contributed by atoms with Crippen molar-refractivity contribution in [3.8, 4) is 0 Å². The van der Waals surface area contributed by atoms with E-state index in [4.69, 9.17) is 4.74 Å². The second-order valence-electron chi connectivity index (χ2n) is 4.98. The van der Waals surface area contributed by atoms with E-state index < -0.39 is 6.09 Å². The zero-order valence-electron chi connectivity index (χ0n) is 11.5. The molecule has 110 valence electrons. The van der Waals surface area contributed by atoms with Crippen molar-refractivity contribution >= 4 is 29.0 Å². The molecule has 0 atom stereocenters. The van der Waals surface area contributed by atoms with Crippen LogP contribution in [0.4, 0.5) is 10.7 Å². The highest BCUT2D eigenvalue weighted by Gasteiger charge is 2.23. The number of nitrogens with one attached hydrogen (secondary N) is 2. The van der Waals surface area contributed by atoms with Gasteiger partial charge in [-0.3, -0.25) is 5.32 Å². The Balaban J connectivity index is 1.75. The summed E-state index contributed by atoms with van der Waals surface area (Å²) in [5, 5.41) is 2.43. The van der Waals surface area contributed by atoms with Crippen LogP contribution in [0, 0.1) is 5.92 Å². The standard InChI is InChI=1S/C14H15N3O4/c1-20-14(19)17-13-15-10-5-4-9(6-11(10)16-13)12(18)21-7-8-2-3-8/h4-6,8H,2-3,7H2,1H3,(H2,15,16,17,19). The number of fused-ring (bicyclic) bond motifs is 1. The van der Waals surface area contributed by atoms with Crippen LogP contribution in [0.25, 0.3) is 11.0 Å². The molecule has 0 spiro atoms. The minimum atomic E-state index is -0.613. The number of anilines is 1. The first-order valence-electron chi connectivity index (χ1n) is 6.67. The molecule has 7 nitrogen and oxygen atoms in total. The number of nitrogens with zero attached hydrogens (tertiary/aromatic N) is 1. The van der Waals surface area contributed by atoms with Crippen molar-refractivity contribution in [1.82, 2.24) is 9.97 Å². The normalized spacial score (nSPS) is 14.0. The topological polar surface area (TPSA) is 93.3 Å². The Morgan fingerprint density at radius 3 is 2.95 bits per heavy atom. The largest absolute Gasteiger partial charge is 0.462 e. The van der Waals surface area contributed by atoms with Gasteiger partial charge in [0.25, 0.3) is 0 Å². The number of rotatable bonds is 4. The molecule has 1 fully saturated rings. The summed E-state index contributed by atoms with van der Waals surface area (Å²) >= 11 is 0. The van der Waals surface area contributed by atoms with E-state index in [9.17, 15) is 9.59 Å². The number of H-pyrrole nitrogens is 1. The molecule has 2 N–H and O–H groups in total.